The molecule has 1 aliphatic heterocycles. The molecule has 2 aromatic heterocycles. The van der Waals surface area contributed by atoms with Gasteiger partial charge in [-0.2, -0.15) is 18.2 Å². The third-order valence-electron chi connectivity index (χ3n) is 6.09. The highest BCUT2D eigenvalue weighted by Crippen LogP contribution is 2.42. The molecule has 1 amide bonds. The fraction of sp³-hybridized carbons (Fsp3) is 0.304. The third-order valence-corrected chi connectivity index (χ3v) is 6.40. The Bertz CT molecular complexity index is 1350. The molecule has 11 heteroatoms. The minimum atomic E-state index is -4.69. The van der Waals surface area contributed by atoms with Crippen LogP contribution in [0.1, 0.15) is 17.5 Å². The molecule has 0 radical (unpaired) electrons. The fourth-order valence-electron chi connectivity index (χ4n) is 4.34. The number of aryl methyl sites for hydroxylation is 1. The van der Waals surface area contributed by atoms with Crippen LogP contribution in [0, 0.1) is 6.92 Å². The van der Waals surface area contributed by atoms with Crippen LogP contribution < -0.4 is 10.6 Å². The van der Waals surface area contributed by atoms with Crippen molar-refractivity contribution in [3.05, 3.63) is 63.7 Å². The van der Waals surface area contributed by atoms with E-state index in [0.717, 1.165) is 0 Å². The molecule has 1 aliphatic rings. The quantitative estimate of drug-likeness (QED) is 0.553. The number of H-pyrrole nitrogens is 1. The van der Waals surface area contributed by atoms with E-state index in [9.17, 15) is 22.8 Å². The predicted molar refractivity (Wildman–Crippen MR) is 124 cm³/mol. The standard InChI is InChI=1S/C23H21ClF3N5O2/c1-4-17(33)32-9-8-13(11-32)31(3)21-15-10-28-19(12(2)20(15)29-22(34)30-21)14-6-5-7-16(24)18(14)23(25,26)27/h4-7,10,13H,1,8-9,11H2,2-3H3,(H,29,30,34). The van der Waals surface area contributed by atoms with Gasteiger partial charge < -0.3 is 14.8 Å². The first-order valence-electron chi connectivity index (χ1n) is 10.4. The van der Waals surface area contributed by atoms with Crippen molar-refractivity contribution in [3.8, 4) is 11.3 Å². The molecule has 1 fully saturated rings. The number of carbonyl (C=O) groups is 1. The first-order valence-corrected chi connectivity index (χ1v) is 10.8. The van der Waals surface area contributed by atoms with Crippen molar-refractivity contribution in [3.63, 3.8) is 0 Å². The zero-order chi connectivity index (χ0) is 24.8. The minimum Gasteiger partial charge on any atom is -0.354 e. The van der Waals surface area contributed by atoms with Crippen LogP contribution in [0.3, 0.4) is 0 Å². The van der Waals surface area contributed by atoms with Crippen molar-refractivity contribution in [2.45, 2.75) is 25.6 Å². The number of rotatable bonds is 4. The first kappa shape index (κ1) is 23.7. The summed E-state index contributed by atoms with van der Waals surface area (Å²) in [4.78, 5) is 38.9. The van der Waals surface area contributed by atoms with Crippen molar-refractivity contribution in [2.75, 3.05) is 25.0 Å². The number of pyridine rings is 1. The summed E-state index contributed by atoms with van der Waals surface area (Å²) in [5.74, 6) is 0.157. The maximum atomic E-state index is 13.7. The van der Waals surface area contributed by atoms with Gasteiger partial charge in [0.2, 0.25) is 5.91 Å². The average Bonchev–Trinajstić information content (AvgIpc) is 3.27. The molecule has 1 atom stereocenters. The number of hydrogen-bond donors (Lipinski definition) is 1. The second-order valence-electron chi connectivity index (χ2n) is 8.09. The van der Waals surface area contributed by atoms with Crippen molar-refractivity contribution in [2.24, 2.45) is 0 Å². The molecule has 4 rings (SSSR count). The topological polar surface area (TPSA) is 82.2 Å². The van der Waals surface area contributed by atoms with Gasteiger partial charge >= 0.3 is 11.9 Å². The van der Waals surface area contributed by atoms with Crippen molar-refractivity contribution in [1.29, 1.82) is 0 Å². The van der Waals surface area contributed by atoms with Crippen LogP contribution in [-0.2, 0) is 11.0 Å². The molecule has 1 saturated heterocycles. The van der Waals surface area contributed by atoms with Crippen LogP contribution in [0.4, 0.5) is 19.0 Å². The van der Waals surface area contributed by atoms with Crippen molar-refractivity contribution < 1.29 is 18.0 Å². The van der Waals surface area contributed by atoms with Gasteiger partial charge in [-0.05, 0) is 31.1 Å². The molecule has 34 heavy (non-hydrogen) atoms. The monoisotopic (exact) mass is 491 g/mol. The molecule has 178 valence electrons. The lowest BCUT2D eigenvalue weighted by Crippen LogP contribution is -2.37. The van der Waals surface area contributed by atoms with E-state index in [4.69, 9.17) is 11.6 Å². The number of aromatic amines is 1. The zero-order valence-corrected chi connectivity index (χ0v) is 19.2. The summed E-state index contributed by atoms with van der Waals surface area (Å²) in [5.41, 5.74) is -1.07. The number of alkyl halides is 3. The molecule has 0 aliphatic carbocycles. The number of likely N-dealkylation sites (N-methyl/N-ethyl adjacent to an activating group) is 1. The molecular weight excluding hydrogens is 471 g/mol. The minimum absolute atomic E-state index is 0.0569. The number of fused-ring (bicyclic) bond motifs is 1. The fourth-order valence-corrected chi connectivity index (χ4v) is 4.62. The molecule has 3 heterocycles. The Labute approximate surface area is 197 Å². The molecule has 0 bridgehead atoms. The smallest absolute Gasteiger partial charge is 0.354 e. The van der Waals surface area contributed by atoms with E-state index in [-0.39, 0.29) is 23.2 Å². The summed E-state index contributed by atoms with van der Waals surface area (Å²) in [5, 5.41) is 0.0437. The van der Waals surface area contributed by atoms with E-state index in [1.807, 2.05) is 0 Å². The van der Waals surface area contributed by atoms with E-state index in [1.54, 1.807) is 23.8 Å². The maximum Gasteiger partial charge on any atom is 0.418 e. The van der Waals surface area contributed by atoms with Crippen LogP contribution in [0.15, 0.2) is 41.8 Å². The second-order valence-corrected chi connectivity index (χ2v) is 8.50. The normalized spacial score (nSPS) is 16.2. The van der Waals surface area contributed by atoms with Gasteiger partial charge in [-0.3, -0.25) is 9.78 Å². The molecule has 0 saturated carbocycles. The SMILES string of the molecule is C=CC(=O)N1CCC(N(C)c2nc(=O)[nH]c3c(C)c(-c4cccc(Cl)c4C(F)(F)F)ncc23)C1. The summed E-state index contributed by atoms with van der Waals surface area (Å²) >= 11 is 5.89. The summed E-state index contributed by atoms with van der Waals surface area (Å²) in [7, 11) is 1.76. The molecule has 1 aromatic carbocycles. The van der Waals surface area contributed by atoms with E-state index in [2.05, 4.69) is 21.5 Å². The zero-order valence-electron chi connectivity index (χ0n) is 18.4. The Hall–Kier alpha value is -3.40. The van der Waals surface area contributed by atoms with E-state index < -0.39 is 22.5 Å². The van der Waals surface area contributed by atoms with Crippen LogP contribution in [0.25, 0.3) is 22.2 Å². The van der Waals surface area contributed by atoms with Crippen LogP contribution in [0.2, 0.25) is 5.02 Å². The number of anilines is 1. The largest absolute Gasteiger partial charge is 0.418 e. The Morgan fingerprint density at radius 3 is 2.79 bits per heavy atom. The number of carbonyl (C=O) groups excluding carboxylic acids is 1. The summed E-state index contributed by atoms with van der Waals surface area (Å²) in [6.07, 6.45) is -1.38. The van der Waals surface area contributed by atoms with Crippen LogP contribution >= 0.6 is 11.6 Å². The van der Waals surface area contributed by atoms with Crippen LogP contribution in [-0.4, -0.2) is 51.9 Å². The van der Waals surface area contributed by atoms with Gasteiger partial charge in [0.1, 0.15) is 5.82 Å². The molecule has 0 spiro atoms. The second kappa shape index (κ2) is 8.75. The number of benzene rings is 1. The highest BCUT2D eigenvalue weighted by atomic mass is 35.5. The highest BCUT2D eigenvalue weighted by Gasteiger charge is 2.37. The number of nitrogens with one attached hydrogen (secondary N) is 1. The van der Waals surface area contributed by atoms with Crippen LogP contribution in [0.5, 0.6) is 0 Å². The van der Waals surface area contributed by atoms with Gasteiger partial charge in [0.15, 0.2) is 0 Å². The Balaban J connectivity index is 1.83. The summed E-state index contributed by atoms with van der Waals surface area (Å²) < 4.78 is 41.2. The maximum absolute atomic E-state index is 13.7. The number of likely N-dealkylation sites (tertiary alicyclic amines) is 1. The lowest BCUT2D eigenvalue weighted by Gasteiger charge is -2.26. The average molecular weight is 492 g/mol. The Kier molecular flexibility index (Phi) is 6.11. The van der Waals surface area contributed by atoms with E-state index >= 15 is 0 Å². The molecule has 7 nitrogen and oxygen atoms in total. The molecule has 1 unspecified atom stereocenters. The van der Waals surface area contributed by atoms with Gasteiger partial charge in [0, 0.05) is 37.9 Å². The third kappa shape index (κ3) is 4.13. The lowest BCUT2D eigenvalue weighted by molar-refractivity contribution is -0.137. The Morgan fingerprint density at radius 1 is 1.38 bits per heavy atom. The number of halogens is 4. The first-order chi connectivity index (χ1) is 16.0. The predicted octanol–water partition coefficient (Wildman–Crippen LogP) is 4.19. The number of hydrogen-bond acceptors (Lipinski definition) is 5. The van der Waals surface area contributed by atoms with Gasteiger partial charge in [0.25, 0.3) is 0 Å². The van der Waals surface area contributed by atoms with Gasteiger partial charge in [0.05, 0.1) is 27.2 Å². The van der Waals surface area contributed by atoms with E-state index in [0.29, 0.717) is 41.8 Å². The Morgan fingerprint density at radius 2 is 2.12 bits per heavy atom. The lowest BCUT2D eigenvalue weighted by atomic mass is 9.99. The molecular formula is C23H21ClF3N5O2. The molecule has 3 aromatic rings. The highest BCUT2D eigenvalue weighted by molar-refractivity contribution is 6.31. The van der Waals surface area contributed by atoms with Gasteiger partial charge in [-0.25, -0.2) is 4.79 Å². The van der Waals surface area contributed by atoms with Crippen molar-refractivity contribution >= 4 is 34.2 Å². The van der Waals surface area contributed by atoms with Gasteiger partial charge in [-0.15, -0.1) is 0 Å². The number of aromatic nitrogens is 3. The summed E-state index contributed by atoms with van der Waals surface area (Å²) in [6, 6.07) is 3.78. The van der Waals surface area contributed by atoms with E-state index in [1.165, 1.54) is 30.5 Å². The summed E-state index contributed by atoms with van der Waals surface area (Å²) in [6.45, 7) is 6.06. The molecule has 1 N–H and O–H groups in total. The number of amides is 1. The number of nitrogens with zero attached hydrogens (tertiary/aromatic N) is 4. The van der Waals surface area contributed by atoms with Crippen molar-refractivity contribution in [1.82, 2.24) is 19.9 Å². The van der Waals surface area contributed by atoms with Gasteiger partial charge in [-0.1, -0.05) is 30.3 Å².